The summed E-state index contributed by atoms with van der Waals surface area (Å²) >= 11 is 1.24. The van der Waals surface area contributed by atoms with Crippen LogP contribution in [0.2, 0.25) is 0 Å². The first kappa shape index (κ1) is 12.8. The summed E-state index contributed by atoms with van der Waals surface area (Å²) in [5.74, 6) is -0.333. The third kappa shape index (κ3) is 1.88. The van der Waals surface area contributed by atoms with Gasteiger partial charge in [-0.25, -0.2) is 4.98 Å². The van der Waals surface area contributed by atoms with E-state index in [4.69, 9.17) is 5.73 Å². The molecule has 8 heteroatoms. The van der Waals surface area contributed by atoms with Crippen molar-refractivity contribution in [3.8, 4) is 0 Å². The lowest BCUT2D eigenvalue weighted by atomic mass is 10.1. The third-order valence-electron chi connectivity index (χ3n) is 3.31. The summed E-state index contributed by atoms with van der Waals surface area (Å²) in [5.41, 5.74) is 5.39. The van der Waals surface area contributed by atoms with Gasteiger partial charge in [0.15, 0.2) is 0 Å². The lowest BCUT2D eigenvalue weighted by Crippen LogP contribution is -2.45. The van der Waals surface area contributed by atoms with Gasteiger partial charge in [-0.3, -0.25) is 24.3 Å². The average Bonchev–Trinajstić information content (AvgIpc) is 2.72. The molecule has 1 saturated heterocycles. The van der Waals surface area contributed by atoms with Crippen LogP contribution >= 0.6 is 11.3 Å². The molecule has 1 aliphatic rings. The van der Waals surface area contributed by atoms with E-state index >= 15 is 0 Å². The summed E-state index contributed by atoms with van der Waals surface area (Å²) in [6, 6.07) is 0.871. The highest BCUT2D eigenvalue weighted by atomic mass is 32.1. The van der Waals surface area contributed by atoms with Gasteiger partial charge in [-0.2, -0.15) is 0 Å². The highest BCUT2D eigenvalue weighted by molar-refractivity contribution is 7.22. The van der Waals surface area contributed by atoms with Crippen LogP contribution < -0.4 is 16.6 Å². The number of nitrogens with two attached hydrogens (primary N) is 1. The van der Waals surface area contributed by atoms with E-state index in [-0.39, 0.29) is 17.9 Å². The van der Waals surface area contributed by atoms with E-state index in [1.807, 2.05) is 0 Å². The Labute approximate surface area is 117 Å². The Morgan fingerprint density at radius 2 is 2.20 bits per heavy atom. The number of hydrogen-bond donors (Lipinski definition) is 2. The van der Waals surface area contributed by atoms with Crippen molar-refractivity contribution in [3.05, 3.63) is 22.2 Å². The topological polar surface area (TPSA) is 107 Å². The summed E-state index contributed by atoms with van der Waals surface area (Å²) in [5, 5.41) is 3.16. The smallest absolute Gasteiger partial charge is 0.263 e. The fourth-order valence-corrected chi connectivity index (χ4v) is 3.24. The lowest BCUT2D eigenvalue weighted by Gasteiger charge is -2.24. The van der Waals surface area contributed by atoms with Crippen LogP contribution in [0.15, 0.2) is 10.9 Å². The fraction of sp³-hybridized carbons (Fsp3) is 0.333. The lowest BCUT2D eigenvalue weighted by molar-refractivity contribution is -0.135. The minimum Gasteiger partial charge on any atom is -0.391 e. The van der Waals surface area contributed by atoms with Crippen molar-refractivity contribution in [3.63, 3.8) is 0 Å². The Kier molecular flexibility index (Phi) is 2.82. The zero-order chi connectivity index (χ0) is 14.4. The number of aromatic nitrogens is 2. The molecule has 0 saturated carbocycles. The average molecular weight is 292 g/mol. The van der Waals surface area contributed by atoms with Crippen LogP contribution in [0.25, 0.3) is 10.2 Å². The standard InChI is InChI=1S/C12H12N4O3S/c1-5-14-11-6(4-8(13)20-11)12(19)16(5)7-2-3-9(17)15-10(7)18/h4,7H,2-3,13H2,1H3,(H,15,17,18). The SMILES string of the molecule is Cc1nc2sc(N)cc2c(=O)n1C1CCC(=O)NC1=O. The molecule has 0 radical (unpaired) electrons. The number of nitrogens with zero attached hydrogens (tertiary/aromatic N) is 2. The maximum atomic E-state index is 12.5. The molecule has 104 valence electrons. The largest absolute Gasteiger partial charge is 0.391 e. The summed E-state index contributed by atoms with van der Waals surface area (Å²) in [6.07, 6.45) is 0.518. The normalized spacial score (nSPS) is 19.4. The van der Waals surface area contributed by atoms with Crippen LogP contribution in [-0.2, 0) is 9.59 Å². The second-order valence-corrected chi connectivity index (χ2v) is 5.73. The summed E-state index contributed by atoms with van der Waals surface area (Å²) < 4.78 is 1.34. The Bertz CT molecular complexity index is 792. The number of amides is 2. The Morgan fingerprint density at radius 1 is 1.45 bits per heavy atom. The molecule has 0 aromatic carbocycles. The fourth-order valence-electron chi connectivity index (χ4n) is 2.41. The molecule has 20 heavy (non-hydrogen) atoms. The predicted octanol–water partition coefficient (Wildman–Crippen LogP) is 0.326. The molecule has 2 aromatic rings. The van der Waals surface area contributed by atoms with Crippen molar-refractivity contribution >= 4 is 38.4 Å². The molecule has 1 fully saturated rings. The Balaban J connectivity index is 2.18. The van der Waals surface area contributed by atoms with Crippen LogP contribution in [0.5, 0.6) is 0 Å². The van der Waals surface area contributed by atoms with Crippen molar-refractivity contribution in [2.75, 3.05) is 5.73 Å². The van der Waals surface area contributed by atoms with Gasteiger partial charge in [-0.05, 0) is 19.4 Å². The van der Waals surface area contributed by atoms with Gasteiger partial charge in [-0.15, -0.1) is 0 Å². The number of anilines is 1. The first-order valence-corrected chi connectivity index (χ1v) is 6.91. The summed E-state index contributed by atoms with van der Waals surface area (Å²) in [7, 11) is 0. The van der Waals surface area contributed by atoms with Gasteiger partial charge in [0.05, 0.1) is 10.4 Å². The number of carbonyl (C=O) groups is 2. The number of rotatable bonds is 1. The summed E-state index contributed by atoms with van der Waals surface area (Å²) in [6.45, 7) is 1.67. The Morgan fingerprint density at radius 3 is 2.90 bits per heavy atom. The molecule has 3 N–H and O–H groups in total. The van der Waals surface area contributed by atoms with Crippen molar-refractivity contribution in [1.29, 1.82) is 0 Å². The molecule has 3 heterocycles. The highest BCUT2D eigenvalue weighted by Crippen LogP contribution is 2.25. The van der Waals surface area contributed by atoms with Gasteiger partial charge in [0.1, 0.15) is 16.7 Å². The second-order valence-electron chi connectivity index (χ2n) is 4.67. The van der Waals surface area contributed by atoms with Gasteiger partial charge in [0.2, 0.25) is 11.8 Å². The van der Waals surface area contributed by atoms with E-state index in [1.54, 1.807) is 13.0 Å². The third-order valence-corrected chi connectivity index (χ3v) is 4.17. The van der Waals surface area contributed by atoms with Gasteiger partial charge in [0, 0.05) is 6.42 Å². The molecule has 2 amide bonds. The molecule has 0 aliphatic carbocycles. The van der Waals surface area contributed by atoms with Crippen LogP contribution in [0.4, 0.5) is 5.00 Å². The minimum atomic E-state index is -0.696. The number of carbonyl (C=O) groups excluding carboxylic acids is 2. The summed E-state index contributed by atoms with van der Waals surface area (Å²) in [4.78, 5) is 40.5. The van der Waals surface area contributed by atoms with Crippen LogP contribution in [0.1, 0.15) is 24.7 Å². The quantitative estimate of drug-likeness (QED) is 0.736. The molecule has 1 atom stereocenters. The van der Waals surface area contributed by atoms with Crippen LogP contribution in [0, 0.1) is 6.92 Å². The maximum absolute atomic E-state index is 12.5. The van der Waals surface area contributed by atoms with E-state index in [0.717, 1.165) is 0 Å². The predicted molar refractivity (Wildman–Crippen MR) is 74.5 cm³/mol. The molecular formula is C12H12N4O3S. The first-order valence-electron chi connectivity index (χ1n) is 6.09. The number of fused-ring (bicyclic) bond motifs is 1. The molecular weight excluding hydrogens is 280 g/mol. The zero-order valence-electron chi connectivity index (χ0n) is 10.7. The molecule has 7 nitrogen and oxygen atoms in total. The van der Waals surface area contributed by atoms with Crippen LogP contribution in [0.3, 0.4) is 0 Å². The maximum Gasteiger partial charge on any atom is 0.263 e. The van der Waals surface area contributed by atoms with Gasteiger partial charge in [0.25, 0.3) is 5.56 Å². The number of nitrogens with one attached hydrogen (secondary N) is 1. The first-order chi connectivity index (χ1) is 9.47. The van der Waals surface area contributed by atoms with E-state index in [9.17, 15) is 14.4 Å². The van der Waals surface area contributed by atoms with E-state index in [2.05, 4.69) is 10.3 Å². The molecule has 2 aromatic heterocycles. The van der Waals surface area contributed by atoms with Gasteiger partial charge in [-0.1, -0.05) is 11.3 Å². The second kappa shape index (κ2) is 4.41. The number of imide groups is 1. The molecule has 3 rings (SSSR count). The molecule has 1 aliphatic heterocycles. The van der Waals surface area contributed by atoms with Crippen molar-refractivity contribution in [2.45, 2.75) is 25.8 Å². The molecule has 0 spiro atoms. The van der Waals surface area contributed by atoms with E-state index in [0.29, 0.717) is 27.5 Å². The van der Waals surface area contributed by atoms with Gasteiger partial charge < -0.3 is 5.73 Å². The van der Waals surface area contributed by atoms with Crippen molar-refractivity contribution < 1.29 is 9.59 Å². The van der Waals surface area contributed by atoms with Gasteiger partial charge >= 0.3 is 0 Å². The number of nitrogen functional groups attached to an aromatic ring is 1. The number of hydrogen-bond acceptors (Lipinski definition) is 6. The number of piperidine rings is 1. The molecule has 1 unspecified atom stereocenters. The minimum absolute atomic E-state index is 0.214. The highest BCUT2D eigenvalue weighted by Gasteiger charge is 2.30. The Hall–Kier alpha value is -2.22. The number of aryl methyl sites for hydroxylation is 1. The van der Waals surface area contributed by atoms with E-state index < -0.39 is 11.9 Å². The zero-order valence-corrected chi connectivity index (χ0v) is 11.5. The van der Waals surface area contributed by atoms with Crippen molar-refractivity contribution in [2.24, 2.45) is 0 Å². The molecule has 0 bridgehead atoms. The van der Waals surface area contributed by atoms with Crippen molar-refractivity contribution in [1.82, 2.24) is 14.9 Å². The van der Waals surface area contributed by atoms with E-state index in [1.165, 1.54) is 15.9 Å². The number of thiophene rings is 1. The monoisotopic (exact) mass is 292 g/mol. The van der Waals surface area contributed by atoms with Crippen LogP contribution in [-0.4, -0.2) is 21.4 Å².